The normalized spacial score (nSPS) is 12.2. The summed E-state index contributed by atoms with van der Waals surface area (Å²) in [6.45, 7) is 3.91. The number of carbonyl (C=O) groups is 1. The smallest absolute Gasteiger partial charge is 0.328 e. The summed E-state index contributed by atoms with van der Waals surface area (Å²) in [5.74, 6) is 0.451. The van der Waals surface area contributed by atoms with Crippen molar-refractivity contribution in [3.63, 3.8) is 0 Å². The fourth-order valence-corrected chi connectivity index (χ4v) is 2.91. The van der Waals surface area contributed by atoms with Crippen LogP contribution in [0.4, 0.5) is 5.69 Å². The van der Waals surface area contributed by atoms with E-state index in [2.05, 4.69) is 5.32 Å². The van der Waals surface area contributed by atoms with Crippen LogP contribution in [0.25, 0.3) is 11.0 Å². The van der Waals surface area contributed by atoms with Gasteiger partial charge in [-0.3, -0.25) is 13.9 Å². The summed E-state index contributed by atoms with van der Waals surface area (Å²) < 4.78 is 8.96. The third kappa shape index (κ3) is 3.35. The molecule has 136 valence electrons. The number of aryl methyl sites for hydroxylation is 3. The number of amides is 1. The quantitative estimate of drug-likeness (QED) is 0.767. The summed E-state index contributed by atoms with van der Waals surface area (Å²) in [7, 11) is 3.44. The molecule has 1 N–H and O–H groups in total. The molecule has 0 unspecified atom stereocenters. The summed E-state index contributed by atoms with van der Waals surface area (Å²) in [5, 5.41) is 2.88. The Morgan fingerprint density at radius 3 is 2.38 bits per heavy atom. The molecule has 0 saturated carbocycles. The first-order chi connectivity index (χ1) is 12.4. The van der Waals surface area contributed by atoms with Crippen LogP contribution in [0, 0.1) is 6.92 Å². The van der Waals surface area contributed by atoms with Gasteiger partial charge in [-0.2, -0.15) is 0 Å². The lowest BCUT2D eigenvalue weighted by molar-refractivity contribution is -0.122. The summed E-state index contributed by atoms with van der Waals surface area (Å²) in [5.41, 5.74) is 3.25. The zero-order valence-corrected chi connectivity index (χ0v) is 15.4. The van der Waals surface area contributed by atoms with Gasteiger partial charge in [0.1, 0.15) is 5.75 Å². The Bertz CT molecular complexity index is 1000. The lowest BCUT2D eigenvalue weighted by atomic mass is 10.2. The predicted molar refractivity (Wildman–Crippen MR) is 103 cm³/mol. The van der Waals surface area contributed by atoms with E-state index in [1.807, 2.05) is 44.2 Å². The monoisotopic (exact) mass is 353 g/mol. The highest BCUT2D eigenvalue weighted by molar-refractivity contribution is 5.96. The second-order valence-electron chi connectivity index (χ2n) is 6.42. The average Bonchev–Trinajstić information content (AvgIpc) is 2.85. The number of fused-ring (bicyclic) bond motifs is 1. The number of aromatic nitrogens is 2. The SMILES string of the molecule is CC[C@H](Oc1ccc(C)cc1)C(=O)Nc1ccc2c(c1)n(C)c(=O)n2C. The van der Waals surface area contributed by atoms with Crippen molar-refractivity contribution in [3.05, 3.63) is 58.5 Å². The second-order valence-corrected chi connectivity index (χ2v) is 6.42. The van der Waals surface area contributed by atoms with Crippen LogP contribution in [0.3, 0.4) is 0 Å². The van der Waals surface area contributed by atoms with Crippen molar-refractivity contribution >= 4 is 22.6 Å². The maximum atomic E-state index is 12.6. The molecule has 0 fully saturated rings. The van der Waals surface area contributed by atoms with Crippen LogP contribution in [-0.4, -0.2) is 21.1 Å². The topological polar surface area (TPSA) is 65.3 Å². The van der Waals surface area contributed by atoms with Crippen LogP contribution in [0.2, 0.25) is 0 Å². The molecule has 3 rings (SSSR count). The van der Waals surface area contributed by atoms with Crippen molar-refractivity contribution in [3.8, 4) is 5.75 Å². The number of hydrogen-bond acceptors (Lipinski definition) is 3. The van der Waals surface area contributed by atoms with Gasteiger partial charge in [-0.25, -0.2) is 4.79 Å². The van der Waals surface area contributed by atoms with E-state index in [9.17, 15) is 9.59 Å². The van der Waals surface area contributed by atoms with E-state index in [1.165, 1.54) is 0 Å². The number of rotatable bonds is 5. The Balaban J connectivity index is 1.79. The highest BCUT2D eigenvalue weighted by Crippen LogP contribution is 2.19. The molecular weight excluding hydrogens is 330 g/mol. The van der Waals surface area contributed by atoms with Crippen LogP contribution in [-0.2, 0) is 18.9 Å². The van der Waals surface area contributed by atoms with Crippen LogP contribution in [0.1, 0.15) is 18.9 Å². The Morgan fingerprint density at radius 2 is 1.73 bits per heavy atom. The number of carbonyl (C=O) groups excluding carboxylic acids is 1. The number of nitrogens with zero attached hydrogens (tertiary/aromatic N) is 2. The van der Waals surface area contributed by atoms with Crippen LogP contribution < -0.4 is 15.7 Å². The molecule has 0 aliphatic rings. The summed E-state index contributed by atoms with van der Waals surface area (Å²) >= 11 is 0. The van der Waals surface area contributed by atoms with Crippen LogP contribution >= 0.6 is 0 Å². The average molecular weight is 353 g/mol. The first-order valence-corrected chi connectivity index (χ1v) is 8.60. The van der Waals surface area contributed by atoms with E-state index in [-0.39, 0.29) is 11.6 Å². The maximum absolute atomic E-state index is 12.6. The highest BCUT2D eigenvalue weighted by Gasteiger charge is 2.19. The lowest BCUT2D eigenvalue weighted by Gasteiger charge is -2.17. The van der Waals surface area contributed by atoms with Crippen molar-refractivity contribution in [2.45, 2.75) is 26.4 Å². The zero-order valence-electron chi connectivity index (χ0n) is 15.4. The van der Waals surface area contributed by atoms with Crippen molar-refractivity contribution in [1.29, 1.82) is 0 Å². The Morgan fingerprint density at radius 1 is 1.08 bits per heavy atom. The fraction of sp³-hybridized carbons (Fsp3) is 0.300. The number of hydrogen-bond donors (Lipinski definition) is 1. The fourth-order valence-electron chi connectivity index (χ4n) is 2.91. The van der Waals surface area contributed by atoms with Gasteiger partial charge in [0.25, 0.3) is 5.91 Å². The van der Waals surface area contributed by atoms with Gasteiger partial charge < -0.3 is 10.1 Å². The van der Waals surface area contributed by atoms with E-state index in [0.717, 1.165) is 16.6 Å². The molecule has 1 atom stereocenters. The molecule has 0 saturated heterocycles. The number of benzene rings is 2. The third-order valence-corrected chi connectivity index (χ3v) is 4.50. The van der Waals surface area contributed by atoms with E-state index in [4.69, 9.17) is 4.74 Å². The van der Waals surface area contributed by atoms with Crippen molar-refractivity contribution in [1.82, 2.24) is 9.13 Å². The van der Waals surface area contributed by atoms with Crippen LogP contribution in [0.5, 0.6) is 5.75 Å². The number of imidazole rings is 1. The van der Waals surface area contributed by atoms with Gasteiger partial charge >= 0.3 is 5.69 Å². The molecule has 6 heteroatoms. The van der Waals surface area contributed by atoms with Crippen molar-refractivity contribution < 1.29 is 9.53 Å². The molecule has 1 amide bonds. The van der Waals surface area contributed by atoms with E-state index < -0.39 is 6.10 Å². The second kappa shape index (κ2) is 7.07. The summed E-state index contributed by atoms with van der Waals surface area (Å²) in [6.07, 6.45) is -0.0424. The van der Waals surface area contributed by atoms with Crippen LogP contribution in [0.15, 0.2) is 47.3 Å². The molecule has 3 aromatic rings. The molecule has 1 aromatic heterocycles. The zero-order chi connectivity index (χ0) is 18.8. The van der Waals surface area contributed by atoms with Gasteiger partial charge in [-0.15, -0.1) is 0 Å². The minimum atomic E-state index is -0.590. The van der Waals surface area contributed by atoms with E-state index in [0.29, 0.717) is 17.9 Å². The molecule has 6 nitrogen and oxygen atoms in total. The van der Waals surface area contributed by atoms with Gasteiger partial charge in [-0.1, -0.05) is 24.6 Å². The lowest BCUT2D eigenvalue weighted by Crippen LogP contribution is -2.32. The first kappa shape index (κ1) is 17.8. The highest BCUT2D eigenvalue weighted by atomic mass is 16.5. The molecule has 0 bridgehead atoms. The maximum Gasteiger partial charge on any atom is 0.328 e. The molecular formula is C20H23N3O3. The van der Waals surface area contributed by atoms with Gasteiger partial charge in [0.2, 0.25) is 0 Å². The molecule has 2 aromatic carbocycles. The molecule has 1 heterocycles. The van der Waals surface area contributed by atoms with E-state index >= 15 is 0 Å². The first-order valence-electron chi connectivity index (χ1n) is 8.60. The minimum Gasteiger partial charge on any atom is -0.481 e. The molecule has 0 spiro atoms. The van der Waals surface area contributed by atoms with Gasteiger partial charge in [0.05, 0.1) is 11.0 Å². The molecule has 0 aliphatic heterocycles. The Kier molecular flexibility index (Phi) is 4.84. The molecule has 0 radical (unpaired) electrons. The largest absolute Gasteiger partial charge is 0.481 e. The van der Waals surface area contributed by atoms with Gasteiger partial charge in [0, 0.05) is 19.8 Å². The summed E-state index contributed by atoms with van der Waals surface area (Å²) in [4.78, 5) is 24.6. The Labute approximate surface area is 152 Å². The summed E-state index contributed by atoms with van der Waals surface area (Å²) in [6, 6.07) is 13.0. The standard InChI is InChI=1S/C20H23N3O3/c1-5-18(26-15-9-6-13(2)7-10-15)19(24)21-14-8-11-16-17(12-14)23(4)20(25)22(16)3/h6-12,18H,5H2,1-4H3,(H,21,24)/t18-/m0/s1. The number of anilines is 1. The van der Waals surface area contributed by atoms with Crippen molar-refractivity contribution in [2.75, 3.05) is 5.32 Å². The Hall–Kier alpha value is -3.02. The van der Waals surface area contributed by atoms with Gasteiger partial charge in [-0.05, 0) is 43.7 Å². The predicted octanol–water partition coefficient (Wildman–Crippen LogP) is 2.98. The molecule has 26 heavy (non-hydrogen) atoms. The third-order valence-electron chi connectivity index (χ3n) is 4.50. The van der Waals surface area contributed by atoms with Gasteiger partial charge in [0.15, 0.2) is 6.10 Å². The number of nitrogens with one attached hydrogen (secondary N) is 1. The number of ether oxygens (including phenoxy) is 1. The van der Waals surface area contributed by atoms with E-state index in [1.54, 1.807) is 35.4 Å². The molecule has 0 aliphatic carbocycles. The van der Waals surface area contributed by atoms with Crippen molar-refractivity contribution in [2.24, 2.45) is 14.1 Å². The minimum absolute atomic E-state index is 0.0994.